The number of nitrogens with two attached hydrogens (primary N) is 1. The van der Waals surface area contributed by atoms with E-state index >= 15 is 0 Å². The third kappa shape index (κ3) is 6.13. The lowest BCUT2D eigenvalue weighted by atomic mass is 9.85. The molecule has 0 heterocycles. The van der Waals surface area contributed by atoms with Crippen molar-refractivity contribution < 1.29 is 4.74 Å². The zero-order valence-electron chi connectivity index (χ0n) is 10.9. The molecule has 3 heteroatoms. The van der Waals surface area contributed by atoms with E-state index in [0.717, 1.165) is 32.8 Å². The third-order valence-corrected chi connectivity index (χ3v) is 3.01. The van der Waals surface area contributed by atoms with Gasteiger partial charge in [-0.3, -0.25) is 0 Å². The smallest absolute Gasteiger partial charge is 0.0589 e. The molecular weight excluding hydrogens is 188 g/mol. The molecule has 0 fully saturated rings. The van der Waals surface area contributed by atoms with E-state index in [2.05, 4.69) is 25.7 Å². The van der Waals surface area contributed by atoms with E-state index in [9.17, 15) is 0 Å². The highest BCUT2D eigenvalue weighted by atomic mass is 16.5. The van der Waals surface area contributed by atoms with Gasteiger partial charge >= 0.3 is 0 Å². The van der Waals surface area contributed by atoms with Crippen molar-refractivity contribution in [1.82, 2.24) is 4.90 Å². The fourth-order valence-electron chi connectivity index (χ4n) is 1.96. The second-order valence-electron chi connectivity index (χ2n) is 4.63. The minimum absolute atomic E-state index is 0.262. The minimum atomic E-state index is 0.262. The molecule has 0 spiro atoms. The van der Waals surface area contributed by atoms with E-state index in [1.165, 1.54) is 12.8 Å². The first kappa shape index (κ1) is 14.9. The second-order valence-corrected chi connectivity index (χ2v) is 4.63. The number of hydrogen-bond acceptors (Lipinski definition) is 3. The summed E-state index contributed by atoms with van der Waals surface area (Å²) in [5.41, 5.74) is 6.13. The number of hydrogen-bond donors (Lipinski definition) is 1. The van der Waals surface area contributed by atoms with Crippen LogP contribution >= 0.6 is 0 Å². The first-order valence-electron chi connectivity index (χ1n) is 6.03. The highest BCUT2D eigenvalue weighted by Crippen LogP contribution is 2.22. The summed E-state index contributed by atoms with van der Waals surface area (Å²) >= 11 is 0. The van der Waals surface area contributed by atoms with Crippen molar-refractivity contribution in [2.45, 2.75) is 33.6 Å². The highest BCUT2D eigenvalue weighted by molar-refractivity contribution is 4.78. The molecule has 0 amide bonds. The van der Waals surface area contributed by atoms with Crippen molar-refractivity contribution in [3.8, 4) is 0 Å². The van der Waals surface area contributed by atoms with Crippen LogP contribution in [0.1, 0.15) is 33.6 Å². The Kier molecular flexibility index (Phi) is 8.02. The predicted molar refractivity (Wildman–Crippen MR) is 66.1 cm³/mol. The van der Waals surface area contributed by atoms with E-state index in [0.29, 0.717) is 0 Å². The van der Waals surface area contributed by atoms with E-state index in [4.69, 9.17) is 10.5 Å². The Labute approximate surface area is 95.0 Å². The van der Waals surface area contributed by atoms with Crippen LogP contribution in [-0.4, -0.2) is 44.8 Å². The number of methoxy groups -OCH3 is 1. The Morgan fingerprint density at radius 3 is 2.40 bits per heavy atom. The van der Waals surface area contributed by atoms with Crippen molar-refractivity contribution in [2.24, 2.45) is 11.1 Å². The van der Waals surface area contributed by atoms with Crippen LogP contribution in [0.3, 0.4) is 0 Å². The molecule has 92 valence electrons. The summed E-state index contributed by atoms with van der Waals surface area (Å²) in [6, 6.07) is 0. The van der Waals surface area contributed by atoms with Gasteiger partial charge in [-0.25, -0.2) is 0 Å². The molecule has 0 aromatic carbocycles. The standard InChI is InChI=1S/C12H28N2O/c1-5-7-12(3,10-13)11-14(6-2)8-9-15-4/h5-11,13H2,1-4H3. The average Bonchev–Trinajstić information content (AvgIpc) is 2.24. The van der Waals surface area contributed by atoms with Crippen LogP contribution in [0.4, 0.5) is 0 Å². The van der Waals surface area contributed by atoms with Crippen molar-refractivity contribution in [2.75, 3.05) is 39.9 Å². The molecule has 0 saturated heterocycles. The minimum Gasteiger partial charge on any atom is -0.383 e. The van der Waals surface area contributed by atoms with Crippen LogP contribution in [0.5, 0.6) is 0 Å². The quantitative estimate of drug-likeness (QED) is 0.638. The predicted octanol–water partition coefficient (Wildman–Crippen LogP) is 1.72. The van der Waals surface area contributed by atoms with Gasteiger partial charge in [0.2, 0.25) is 0 Å². The largest absolute Gasteiger partial charge is 0.383 e. The highest BCUT2D eigenvalue weighted by Gasteiger charge is 2.23. The monoisotopic (exact) mass is 216 g/mol. The van der Waals surface area contributed by atoms with Gasteiger partial charge in [0.15, 0.2) is 0 Å². The number of ether oxygens (including phenoxy) is 1. The number of rotatable bonds is 9. The van der Waals surface area contributed by atoms with Crippen molar-refractivity contribution >= 4 is 0 Å². The zero-order chi connectivity index (χ0) is 11.7. The van der Waals surface area contributed by atoms with Crippen molar-refractivity contribution in [3.63, 3.8) is 0 Å². The first-order chi connectivity index (χ1) is 7.11. The molecule has 0 aliphatic carbocycles. The van der Waals surface area contributed by atoms with Gasteiger partial charge in [-0.15, -0.1) is 0 Å². The van der Waals surface area contributed by atoms with E-state index in [-0.39, 0.29) is 5.41 Å². The molecule has 2 N–H and O–H groups in total. The summed E-state index contributed by atoms with van der Waals surface area (Å²) in [7, 11) is 1.75. The maximum Gasteiger partial charge on any atom is 0.0589 e. The van der Waals surface area contributed by atoms with Crippen LogP contribution in [0, 0.1) is 5.41 Å². The molecule has 1 atom stereocenters. The molecule has 3 nitrogen and oxygen atoms in total. The molecule has 0 rings (SSSR count). The second kappa shape index (κ2) is 8.08. The van der Waals surface area contributed by atoms with Gasteiger partial charge < -0.3 is 15.4 Å². The van der Waals surface area contributed by atoms with Gasteiger partial charge in [-0.2, -0.15) is 0 Å². The van der Waals surface area contributed by atoms with Gasteiger partial charge in [0.05, 0.1) is 6.61 Å². The fraction of sp³-hybridized carbons (Fsp3) is 1.00. The summed E-state index contributed by atoms with van der Waals surface area (Å²) in [5.74, 6) is 0. The van der Waals surface area contributed by atoms with Crippen molar-refractivity contribution in [3.05, 3.63) is 0 Å². The lowest BCUT2D eigenvalue weighted by molar-refractivity contribution is 0.114. The zero-order valence-corrected chi connectivity index (χ0v) is 10.9. The molecule has 0 aliphatic rings. The molecule has 1 unspecified atom stereocenters. The van der Waals surface area contributed by atoms with Crippen molar-refractivity contribution in [1.29, 1.82) is 0 Å². The Bertz CT molecular complexity index is 153. The number of nitrogens with zero attached hydrogens (tertiary/aromatic N) is 1. The first-order valence-corrected chi connectivity index (χ1v) is 6.03. The van der Waals surface area contributed by atoms with Gasteiger partial charge in [-0.05, 0) is 24.9 Å². The van der Waals surface area contributed by atoms with Gasteiger partial charge in [0.25, 0.3) is 0 Å². The topological polar surface area (TPSA) is 38.5 Å². The van der Waals surface area contributed by atoms with Gasteiger partial charge in [0, 0.05) is 20.2 Å². The molecule has 0 aliphatic heterocycles. The van der Waals surface area contributed by atoms with Crippen LogP contribution < -0.4 is 5.73 Å². The Hall–Kier alpha value is -0.120. The van der Waals surface area contributed by atoms with E-state index in [1.54, 1.807) is 7.11 Å². The molecule has 0 aromatic rings. The lowest BCUT2D eigenvalue weighted by Gasteiger charge is -2.34. The SMILES string of the molecule is CCCC(C)(CN)CN(CC)CCOC. The van der Waals surface area contributed by atoms with Crippen LogP contribution in [0.2, 0.25) is 0 Å². The van der Waals surface area contributed by atoms with Crippen LogP contribution in [0.15, 0.2) is 0 Å². The Morgan fingerprint density at radius 2 is 2.00 bits per heavy atom. The molecular formula is C12H28N2O. The summed E-state index contributed by atoms with van der Waals surface area (Å²) in [6.07, 6.45) is 2.41. The average molecular weight is 216 g/mol. The van der Waals surface area contributed by atoms with Crippen LogP contribution in [-0.2, 0) is 4.74 Å². The molecule has 0 saturated carbocycles. The summed E-state index contributed by atoms with van der Waals surface area (Å²) < 4.78 is 5.11. The van der Waals surface area contributed by atoms with Gasteiger partial charge in [-0.1, -0.05) is 27.2 Å². The fourth-order valence-corrected chi connectivity index (χ4v) is 1.96. The number of likely N-dealkylation sites (N-methyl/N-ethyl adjacent to an activating group) is 1. The Morgan fingerprint density at radius 1 is 1.33 bits per heavy atom. The molecule has 0 aromatic heterocycles. The van der Waals surface area contributed by atoms with Gasteiger partial charge in [0.1, 0.15) is 0 Å². The summed E-state index contributed by atoms with van der Waals surface area (Å²) in [6.45, 7) is 11.4. The maximum atomic E-state index is 5.87. The Balaban J connectivity index is 4.09. The normalized spacial score (nSPS) is 15.6. The molecule has 0 bridgehead atoms. The lowest BCUT2D eigenvalue weighted by Crippen LogP contribution is -2.41. The van der Waals surface area contributed by atoms with Crippen LogP contribution in [0.25, 0.3) is 0 Å². The van der Waals surface area contributed by atoms with E-state index < -0.39 is 0 Å². The maximum absolute atomic E-state index is 5.87. The molecule has 15 heavy (non-hydrogen) atoms. The third-order valence-electron chi connectivity index (χ3n) is 3.01. The van der Waals surface area contributed by atoms with E-state index in [1.807, 2.05) is 0 Å². The summed E-state index contributed by atoms with van der Waals surface area (Å²) in [5, 5.41) is 0. The molecule has 0 radical (unpaired) electrons. The summed E-state index contributed by atoms with van der Waals surface area (Å²) in [4.78, 5) is 2.42.